The topological polar surface area (TPSA) is 87.7 Å². The maximum absolute atomic E-state index is 12.5. The molecule has 0 saturated heterocycles. The molecular weight excluding hydrogens is 274 g/mol. The fourth-order valence-electron chi connectivity index (χ4n) is 2.69. The van der Waals surface area contributed by atoms with Gasteiger partial charge in [-0.25, -0.2) is 0 Å². The summed E-state index contributed by atoms with van der Waals surface area (Å²) in [6, 6.07) is 7.61. The highest BCUT2D eigenvalue weighted by molar-refractivity contribution is 7.98. The molecule has 0 bridgehead atoms. The molecule has 0 atom stereocenters. The van der Waals surface area contributed by atoms with Gasteiger partial charge in [0.2, 0.25) is 5.91 Å². The number of benzene rings is 1. The number of hydrogen-bond donors (Lipinski definition) is 3. The van der Waals surface area contributed by atoms with Gasteiger partial charge in [-0.2, -0.15) is 0 Å². The van der Waals surface area contributed by atoms with Crippen molar-refractivity contribution in [3.05, 3.63) is 24.3 Å². The van der Waals surface area contributed by atoms with Crippen molar-refractivity contribution in [3.8, 4) is 0 Å². The third-order valence-electron chi connectivity index (χ3n) is 3.75. The Morgan fingerprint density at radius 3 is 2.80 bits per heavy atom. The van der Waals surface area contributed by atoms with E-state index in [0.717, 1.165) is 10.6 Å². The lowest BCUT2D eigenvalue weighted by Gasteiger charge is -2.43. The first-order valence-electron chi connectivity index (χ1n) is 6.45. The minimum atomic E-state index is -0.871. The summed E-state index contributed by atoms with van der Waals surface area (Å²) < 4.78 is 0. The Bertz CT molecular complexity index is 539. The Labute approximate surface area is 122 Å². The summed E-state index contributed by atoms with van der Waals surface area (Å²) in [5.74, 6) is 0.192. The first-order chi connectivity index (χ1) is 9.51. The summed E-state index contributed by atoms with van der Waals surface area (Å²) in [5.41, 5.74) is 5.58. The largest absolute Gasteiger partial charge is 0.409 e. The minimum absolute atomic E-state index is 0.00544. The number of thioether (sulfide) groups is 1. The molecular formula is C14H19N3O2S. The van der Waals surface area contributed by atoms with Gasteiger partial charge in [0, 0.05) is 10.6 Å². The molecule has 5 nitrogen and oxygen atoms in total. The van der Waals surface area contributed by atoms with Crippen LogP contribution in [0.5, 0.6) is 0 Å². The van der Waals surface area contributed by atoms with Crippen LogP contribution >= 0.6 is 11.8 Å². The molecule has 1 aliphatic carbocycles. The van der Waals surface area contributed by atoms with Crippen molar-refractivity contribution in [2.75, 3.05) is 11.6 Å². The van der Waals surface area contributed by atoms with Gasteiger partial charge in [-0.1, -0.05) is 18.1 Å². The average Bonchev–Trinajstić information content (AvgIpc) is 2.42. The Morgan fingerprint density at radius 1 is 1.55 bits per heavy atom. The van der Waals surface area contributed by atoms with Gasteiger partial charge in [0.05, 0.1) is 0 Å². The minimum Gasteiger partial charge on any atom is -0.409 e. The molecule has 1 amide bonds. The van der Waals surface area contributed by atoms with Gasteiger partial charge in [0.15, 0.2) is 5.84 Å². The van der Waals surface area contributed by atoms with E-state index < -0.39 is 5.41 Å². The lowest BCUT2D eigenvalue weighted by atomic mass is 9.61. The second-order valence-corrected chi connectivity index (χ2v) is 6.15. The van der Waals surface area contributed by atoms with E-state index in [1.54, 1.807) is 11.8 Å². The van der Waals surface area contributed by atoms with Crippen LogP contribution in [0.25, 0.3) is 0 Å². The summed E-state index contributed by atoms with van der Waals surface area (Å²) in [5, 5.41) is 14.8. The zero-order valence-corrected chi connectivity index (χ0v) is 12.4. The monoisotopic (exact) mass is 293 g/mol. The number of nitrogens with zero attached hydrogens (tertiary/aromatic N) is 1. The molecule has 1 aromatic rings. The van der Waals surface area contributed by atoms with E-state index in [2.05, 4.69) is 10.5 Å². The molecule has 0 aromatic heterocycles. The molecule has 2 rings (SSSR count). The zero-order valence-electron chi connectivity index (χ0n) is 11.6. The predicted molar refractivity (Wildman–Crippen MR) is 81.1 cm³/mol. The standard InChI is InChI=1S/C14H19N3O2S/c1-9-7-14(8-9,12(15)17-19)13(18)16-10-4-3-5-11(6-10)20-2/h3-6,9,19H,7-8H2,1-2H3,(H2,15,17)(H,16,18). The van der Waals surface area contributed by atoms with Gasteiger partial charge in [0.1, 0.15) is 5.41 Å². The summed E-state index contributed by atoms with van der Waals surface area (Å²) in [7, 11) is 0. The van der Waals surface area contributed by atoms with Crippen LogP contribution in [0.4, 0.5) is 5.69 Å². The lowest BCUT2D eigenvalue weighted by molar-refractivity contribution is -0.127. The SMILES string of the molecule is CSc1cccc(NC(=O)C2(/C(N)=N/O)CC(C)C2)c1. The van der Waals surface area contributed by atoms with Crippen molar-refractivity contribution in [1.29, 1.82) is 0 Å². The van der Waals surface area contributed by atoms with E-state index in [4.69, 9.17) is 10.9 Å². The van der Waals surface area contributed by atoms with Crippen LogP contribution in [0.2, 0.25) is 0 Å². The summed E-state index contributed by atoms with van der Waals surface area (Å²) in [6.45, 7) is 2.05. The fourth-order valence-corrected chi connectivity index (χ4v) is 3.15. The second-order valence-electron chi connectivity index (χ2n) is 5.27. The van der Waals surface area contributed by atoms with Gasteiger partial charge < -0.3 is 16.3 Å². The molecule has 1 aromatic carbocycles. The van der Waals surface area contributed by atoms with Crippen molar-refractivity contribution in [3.63, 3.8) is 0 Å². The highest BCUT2D eigenvalue weighted by Crippen LogP contribution is 2.46. The van der Waals surface area contributed by atoms with Gasteiger partial charge >= 0.3 is 0 Å². The fraction of sp³-hybridized carbons (Fsp3) is 0.429. The highest BCUT2D eigenvalue weighted by atomic mass is 32.2. The van der Waals surface area contributed by atoms with Crippen LogP contribution in [-0.4, -0.2) is 23.2 Å². The molecule has 0 unspecified atom stereocenters. The number of carbonyl (C=O) groups excluding carboxylic acids is 1. The number of hydrogen-bond acceptors (Lipinski definition) is 4. The summed E-state index contributed by atoms with van der Waals surface area (Å²) in [6.07, 6.45) is 3.19. The van der Waals surface area contributed by atoms with Crippen LogP contribution in [0.15, 0.2) is 34.3 Å². The van der Waals surface area contributed by atoms with Gasteiger partial charge in [0.25, 0.3) is 0 Å². The quantitative estimate of drug-likeness (QED) is 0.262. The van der Waals surface area contributed by atoms with Crippen molar-refractivity contribution < 1.29 is 10.0 Å². The Balaban J connectivity index is 2.17. The molecule has 1 fully saturated rings. The number of nitrogens with one attached hydrogen (secondary N) is 1. The molecule has 0 spiro atoms. The maximum atomic E-state index is 12.5. The number of amides is 1. The van der Waals surface area contributed by atoms with E-state index in [1.807, 2.05) is 37.4 Å². The van der Waals surface area contributed by atoms with E-state index >= 15 is 0 Å². The van der Waals surface area contributed by atoms with Crippen LogP contribution in [0.3, 0.4) is 0 Å². The summed E-state index contributed by atoms with van der Waals surface area (Å²) >= 11 is 1.61. The third kappa shape index (κ3) is 2.60. The first-order valence-corrected chi connectivity index (χ1v) is 7.68. The zero-order chi connectivity index (χ0) is 14.8. The van der Waals surface area contributed by atoms with Crippen LogP contribution < -0.4 is 11.1 Å². The number of anilines is 1. The molecule has 6 heteroatoms. The van der Waals surface area contributed by atoms with Crippen LogP contribution in [-0.2, 0) is 4.79 Å². The smallest absolute Gasteiger partial charge is 0.238 e. The maximum Gasteiger partial charge on any atom is 0.238 e. The van der Waals surface area contributed by atoms with Crippen LogP contribution in [0.1, 0.15) is 19.8 Å². The van der Waals surface area contributed by atoms with Crippen molar-refractivity contribution in [2.24, 2.45) is 22.2 Å². The van der Waals surface area contributed by atoms with E-state index in [-0.39, 0.29) is 11.7 Å². The van der Waals surface area contributed by atoms with E-state index in [0.29, 0.717) is 18.8 Å². The summed E-state index contributed by atoms with van der Waals surface area (Å²) in [4.78, 5) is 13.5. The molecule has 1 aliphatic rings. The molecule has 108 valence electrons. The van der Waals surface area contributed by atoms with Crippen molar-refractivity contribution >= 4 is 29.2 Å². The number of amidine groups is 1. The number of carbonyl (C=O) groups is 1. The van der Waals surface area contributed by atoms with Crippen molar-refractivity contribution in [1.82, 2.24) is 0 Å². The van der Waals surface area contributed by atoms with Crippen LogP contribution in [0, 0.1) is 11.3 Å². The lowest BCUT2D eigenvalue weighted by Crippen LogP contribution is -2.54. The van der Waals surface area contributed by atoms with E-state index in [9.17, 15) is 4.79 Å². The van der Waals surface area contributed by atoms with Gasteiger partial charge in [-0.3, -0.25) is 4.79 Å². The third-order valence-corrected chi connectivity index (χ3v) is 4.48. The molecule has 1 saturated carbocycles. The van der Waals surface area contributed by atoms with Gasteiger partial charge in [-0.15, -0.1) is 11.8 Å². The normalized spacial score (nSPS) is 25.9. The number of rotatable bonds is 4. The molecule has 0 heterocycles. The number of oxime groups is 1. The second kappa shape index (κ2) is 5.75. The first kappa shape index (κ1) is 14.7. The van der Waals surface area contributed by atoms with E-state index in [1.165, 1.54) is 0 Å². The van der Waals surface area contributed by atoms with Crippen molar-refractivity contribution in [2.45, 2.75) is 24.7 Å². The van der Waals surface area contributed by atoms with Gasteiger partial charge in [-0.05, 0) is 43.2 Å². The molecule has 20 heavy (non-hydrogen) atoms. The molecule has 4 N–H and O–H groups in total. The molecule has 0 aliphatic heterocycles. The number of nitrogens with two attached hydrogens (primary N) is 1. The Morgan fingerprint density at radius 2 is 2.25 bits per heavy atom. The highest BCUT2D eigenvalue weighted by Gasteiger charge is 2.52. The predicted octanol–water partition coefficient (Wildman–Crippen LogP) is 2.51. The Kier molecular flexibility index (Phi) is 4.23. The molecule has 0 radical (unpaired) electrons. The Hall–Kier alpha value is -1.69. The average molecular weight is 293 g/mol.